The zero-order chi connectivity index (χ0) is 29.2. The van der Waals surface area contributed by atoms with Crippen LogP contribution < -0.4 is 20.2 Å². The lowest BCUT2D eigenvalue weighted by Crippen LogP contribution is -2.18. The number of carbonyl (C=O) groups excluding carboxylic acids is 3. The second-order valence-electron chi connectivity index (χ2n) is 8.43. The summed E-state index contributed by atoms with van der Waals surface area (Å²) in [6.07, 6.45) is 4.34. The van der Waals surface area contributed by atoms with Gasteiger partial charge in [0, 0.05) is 32.9 Å². The highest BCUT2D eigenvalue weighted by atomic mass is 79.9. The molecular formula is C31H23Br2N3O5. The maximum Gasteiger partial charge on any atom is 0.336 e. The van der Waals surface area contributed by atoms with Crippen molar-refractivity contribution in [2.24, 2.45) is 5.10 Å². The number of amides is 2. The fourth-order valence-corrected chi connectivity index (χ4v) is 4.89. The molecule has 0 saturated carbocycles. The van der Waals surface area contributed by atoms with E-state index < -0.39 is 11.9 Å². The molecule has 0 radical (unpaired) electrons. The van der Waals surface area contributed by atoms with Crippen molar-refractivity contribution in [1.29, 1.82) is 0 Å². The van der Waals surface area contributed by atoms with Crippen LogP contribution in [0, 0.1) is 0 Å². The van der Waals surface area contributed by atoms with Gasteiger partial charge in [0.25, 0.3) is 11.8 Å². The Kier molecular flexibility index (Phi) is 10.2. The van der Waals surface area contributed by atoms with Crippen molar-refractivity contribution >= 4 is 67.6 Å². The van der Waals surface area contributed by atoms with Gasteiger partial charge in [0.2, 0.25) is 0 Å². The lowest BCUT2D eigenvalue weighted by molar-refractivity contribution is -0.128. The zero-order valence-corrected chi connectivity index (χ0v) is 24.8. The first-order valence-corrected chi connectivity index (χ1v) is 13.7. The van der Waals surface area contributed by atoms with E-state index in [4.69, 9.17) is 9.47 Å². The number of hydrazone groups is 1. The summed E-state index contributed by atoms with van der Waals surface area (Å²) in [4.78, 5) is 37.8. The van der Waals surface area contributed by atoms with Gasteiger partial charge in [-0.05, 0) is 82.2 Å². The summed E-state index contributed by atoms with van der Waals surface area (Å²) in [7, 11) is 1.55. The SMILES string of the molecule is COc1ccc(C(=O)Nc2cccc(C(=O)NN=Cc3cc(Br)cc(Br)c3OC(=O)/C=C/c3ccccc3)c2)cc1. The van der Waals surface area contributed by atoms with Crippen molar-refractivity contribution in [3.8, 4) is 11.5 Å². The van der Waals surface area contributed by atoms with Gasteiger partial charge in [0.05, 0.1) is 17.8 Å². The van der Waals surface area contributed by atoms with Crippen LogP contribution >= 0.6 is 31.9 Å². The van der Waals surface area contributed by atoms with Gasteiger partial charge in [-0.2, -0.15) is 5.10 Å². The van der Waals surface area contributed by atoms with Gasteiger partial charge in [-0.1, -0.05) is 52.3 Å². The molecule has 8 nitrogen and oxygen atoms in total. The van der Waals surface area contributed by atoms with E-state index in [1.54, 1.807) is 67.8 Å². The summed E-state index contributed by atoms with van der Waals surface area (Å²) in [6, 6.07) is 25.9. The minimum Gasteiger partial charge on any atom is -0.497 e. The number of nitrogens with one attached hydrogen (secondary N) is 2. The highest BCUT2D eigenvalue weighted by molar-refractivity contribution is 9.11. The first kappa shape index (κ1) is 29.4. The average molecular weight is 677 g/mol. The van der Waals surface area contributed by atoms with E-state index in [2.05, 4.69) is 47.7 Å². The number of carbonyl (C=O) groups is 3. The number of ether oxygens (including phenoxy) is 2. The molecule has 41 heavy (non-hydrogen) atoms. The van der Waals surface area contributed by atoms with Crippen LogP contribution in [0.1, 0.15) is 31.8 Å². The first-order valence-electron chi connectivity index (χ1n) is 12.2. The molecule has 0 fully saturated rings. The van der Waals surface area contributed by atoms with E-state index in [0.717, 1.165) is 5.56 Å². The van der Waals surface area contributed by atoms with Gasteiger partial charge in [0.1, 0.15) is 5.75 Å². The highest BCUT2D eigenvalue weighted by Gasteiger charge is 2.13. The molecule has 0 bridgehead atoms. The monoisotopic (exact) mass is 675 g/mol. The quantitative estimate of drug-likeness (QED) is 0.0663. The van der Waals surface area contributed by atoms with Crippen LogP contribution in [0.2, 0.25) is 0 Å². The first-order chi connectivity index (χ1) is 19.8. The standard InChI is InChI=1S/C31H23Br2N3O5/c1-40-26-13-11-21(12-14-26)30(38)35-25-9-5-8-22(17-25)31(39)36-34-19-23-16-24(32)18-27(33)29(23)41-28(37)15-10-20-6-3-2-4-7-20/h2-19H,1H3,(H,35,38)(H,36,39)/b15-10+,34-19?. The van der Waals surface area contributed by atoms with Gasteiger partial charge in [0.15, 0.2) is 5.75 Å². The van der Waals surface area contributed by atoms with Crippen LogP contribution in [0.3, 0.4) is 0 Å². The summed E-state index contributed by atoms with van der Waals surface area (Å²) >= 11 is 6.82. The molecule has 0 aromatic heterocycles. The van der Waals surface area contributed by atoms with Crippen molar-refractivity contribution < 1.29 is 23.9 Å². The molecule has 2 N–H and O–H groups in total. The molecule has 10 heteroatoms. The number of methoxy groups -OCH3 is 1. The topological polar surface area (TPSA) is 106 Å². The van der Waals surface area contributed by atoms with Crippen LogP contribution in [-0.4, -0.2) is 31.1 Å². The van der Waals surface area contributed by atoms with E-state index in [-0.39, 0.29) is 17.2 Å². The summed E-state index contributed by atoms with van der Waals surface area (Å²) < 4.78 is 11.9. The van der Waals surface area contributed by atoms with Crippen molar-refractivity contribution in [2.75, 3.05) is 12.4 Å². The number of nitrogens with zero attached hydrogens (tertiary/aromatic N) is 1. The number of esters is 1. The molecule has 4 aromatic carbocycles. The molecule has 0 unspecified atom stereocenters. The molecule has 206 valence electrons. The maximum atomic E-state index is 12.8. The van der Waals surface area contributed by atoms with Crippen LogP contribution in [0.15, 0.2) is 111 Å². The third-order valence-corrected chi connectivity index (χ3v) is 6.60. The van der Waals surface area contributed by atoms with E-state index in [9.17, 15) is 14.4 Å². The maximum absolute atomic E-state index is 12.8. The molecular weight excluding hydrogens is 654 g/mol. The molecule has 0 heterocycles. The van der Waals surface area contributed by atoms with E-state index in [1.165, 1.54) is 18.4 Å². The predicted octanol–water partition coefficient (Wildman–Crippen LogP) is 6.86. The molecule has 4 rings (SSSR count). The van der Waals surface area contributed by atoms with E-state index >= 15 is 0 Å². The smallest absolute Gasteiger partial charge is 0.336 e. The number of hydrogen-bond acceptors (Lipinski definition) is 6. The largest absolute Gasteiger partial charge is 0.497 e. The zero-order valence-electron chi connectivity index (χ0n) is 21.6. The van der Waals surface area contributed by atoms with Gasteiger partial charge < -0.3 is 14.8 Å². The number of hydrogen-bond donors (Lipinski definition) is 2. The Balaban J connectivity index is 1.42. The second kappa shape index (κ2) is 14.2. The molecule has 0 aliphatic rings. The summed E-state index contributed by atoms with van der Waals surface area (Å²) in [5.41, 5.74) is 4.91. The third kappa shape index (κ3) is 8.47. The van der Waals surface area contributed by atoms with Crippen LogP contribution in [0.25, 0.3) is 6.08 Å². The molecule has 0 aliphatic heterocycles. The molecule has 0 atom stereocenters. The van der Waals surface area contributed by atoms with Crippen molar-refractivity contribution in [3.63, 3.8) is 0 Å². The predicted molar refractivity (Wildman–Crippen MR) is 165 cm³/mol. The summed E-state index contributed by atoms with van der Waals surface area (Å²) in [5, 5.41) is 6.81. The van der Waals surface area contributed by atoms with Crippen molar-refractivity contribution in [1.82, 2.24) is 5.43 Å². The summed E-state index contributed by atoms with van der Waals surface area (Å²) in [6.45, 7) is 0. The highest BCUT2D eigenvalue weighted by Crippen LogP contribution is 2.32. The Morgan fingerprint density at radius 1 is 0.829 bits per heavy atom. The Bertz CT molecular complexity index is 1620. The lowest BCUT2D eigenvalue weighted by atomic mass is 10.1. The minimum absolute atomic E-state index is 0.233. The van der Waals surface area contributed by atoms with Gasteiger partial charge in [-0.15, -0.1) is 0 Å². The fourth-order valence-electron chi connectivity index (χ4n) is 3.56. The second-order valence-corrected chi connectivity index (χ2v) is 10.2. The number of rotatable bonds is 9. The Morgan fingerprint density at radius 2 is 1.59 bits per heavy atom. The van der Waals surface area contributed by atoms with Crippen LogP contribution in [-0.2, 0) is 4.79 Å². The van der Waals surface area contributed by atoms with Gasteiger partial charge in [-0.3, -0.25) is 9.59 Å². The Labute approximate surface area is 253 Å². The molecule has 0 saturated heterocycles. The number of anilines is 1. The van der Waals surface area contributed by atoms with Gasteiger partial charge in [-0.25, -0.2) is 10.2 Å². The minimum atomic E-state index is -0.580. The van der Waals surface area contributed by atoms with Crippen LogP contribution in [0.5, 0.6) is 11.5 Å². The molecule has 0 spiro atoms. The molecule has 0 aliphatic carbocycles. The van der Waals surface area contributed by atoms with Crippen LogP contribution in [0.4, 0.5) is 5.69 Å². The Hall–Kier alpha value is -4.54. The Morgan fingerprint density at radius 3 is 2.32 bits per heavy atom. The summed E-state index contributed by atoms with van der Waals surface area (Å²) in [5.74, 6) is -0.535. The van der Waals surface area contributed by atoms with Gasteiger partial charge >= 0.3 is 5.97 Å². The van der Waals surface area contributed by atoms with Crippen molar-refractivity contribution in [2.45, 2.75) is 0 Å². The molecule has 2 amide bonds. The fraction of sp³-hybridized carbons (Fsp3) is 0.0323. The number of halogens is 2. The average Bonchev–Trinajstić information content (AvgIpc) is 2.98. The van der Waals surface area contributed by atoms with E-state index in [0.29, 0.717) is 31.5 Å². The van der Waals surface area contributed by atoms with E-state index in [1.807, 2.05) is 30.3 Å². The third-order valence-electron chi connectivity index (χ3n) is 5.56. The van der Waals surface area contributed by atoms with Crippen molar-refractivity contribution in [3.05, 3.63) is 128 Å². The normalized spacial score (nSPS) is 10.9. The lowest BCUT2D eigenvalue weighted by Gasteiger charge is -2.09. The molecule has 4 aromatic rings. The number of benzene rings is 4.